The number of aromatic nitrogens is 1. The third-order valence-electron chi connectivity index (χ3n) is 18.6. The Balaban J connectivity index is 1.46. The Hall–Kier alpha value is -13.8. The Morgan fingerprint density at radius 2 is 1.15 bits per heavy atom. The number of nitrogens with two attached hydrogens (primary N) is 5. The van der Waals surface area contributed by atoms with Crippen molar-refractivity contribution >= 4 is 134 Å². The van der Waals surface area contributed by atoms with Gasteiger partial charge in [-0.05, 0) is 105 Å². The van der Waals surface area contributed by atoms with Crippen molar-refractivity contribution in [2.45, 2.75) is 190 Å². The van der Waals surface area contributed by atoms with Crippen molar-refractivity contribution in [1.82, 2.24) is 79.4 Å². The summed E-state index contributed by atoms with van der Waals surface area (Å²) in [7, 11) is 1.41. The molecule has 0 radical (unpaired) electrons. The molecule has 1 aliphatic rings. The van der Waals surface area contributed by atoms with E-state index in [1.807, 2.05) is 11.4 Å². The molecule has 5 aromatic rings. The van der Waals surface area contributed by atoms with Crippen LogP contribution in [0.2, 0.25) is 0 Å². The van der Waals surface area contributed by atoms with Gasteiger partial charge in [-0.3, -0.25) is 86.9 Å². The van der Waals surface area contributed by atoms with E-state index in [0.29, 0.717) is 38.7 Å². The molecular formula is C76H101N21O20. The molecule has 17 amide bonds. The maximum absolute atomic E-state index is 15.2. The molecule has 630 valence electrons. The van der Waals surface area contributed by atoms with E-state index in [2.05, 4.69) is 74.1 Å². The van der Waals surface area contributed by atoms with Crippen LogP contribution >= 0.6 is 0 Å². The summed E-state index contributed by atoms with van der Waals surface area (Å²) in [5.74, 6) is -20.7. The molecule has 0 spiro atoms. The fourth-order valence-corrected chi connectivity index (χ4v) is 12.4. The van der Waals surface area contributed by atoms with Gasteiger partial charge in [-0.15, -0.1) is 0 Å². The maximum Gasteiger partial charge on any atom is 0.326 e. The van der Waals surface area contributed by atoms with Crippen molar-refractivity contribution < 1.29 is 96.1 Å². The van der Waals surface area contributed by atoms with Crippen molar-refractivity contribution in [3.8, 4) is 5.75 Å². The van der Waals surface area contributed by atoms with Crippen LogP contribution in [0.4, 0.5) is 0 Å². The van der Waals surface area contributed by atoms with Crippen molar-refractivity contribution in [1.29, 1.82) is 5.41 Å². The van der Waals surface area contributed by atoms with Crippen LogP contribution in [-0.4, -0.2) is 215 Å². The minimum absolute atomic E-state index is 0.0278. The summed E-state index contributed by atoms with van der Waals surface area (Å²) >= 11 is 0. The molecule has 6 rings (SSSR count). The molecule has 1 fully saturated rings. The van der Waals surface area contributed by atoms with Gasteiger partial charge in [0.25, 0.3) is 0 Å². The van der Waals surface area contributed by atoms with Crippen LogP contribution in [0.1, 0.15) is 115 Å². The summed E-state index contributed by atoms with van der Waals surface area (Å²) in [6, 6.07) is 5.88. The number of hydrogen-bond donors (Lipinski definition) is 22. The van der Waals surface area contributed by atoms with Crippen LogP contribution in [0, 0.1) is 5.41 Å². The number of methoxy groups -OCH3 is 1. The van der Waals surface area contributed by atoms with E-state index < -0.39 is 223 Å². The largest absolute Gasteiger partial charge is 0.497 e. The van der Waals surface area contributed by atoms with Crippen molar-refractivity contribution in [3.63, 3.8) is 0 Å². The number of nitrogens with one attached hydrogen (secondary N) is 16. The zero-order valence-corrected chi connectivity index (χ0v) is 65.0. The second-order valence-electron chi connectivity index (χ2n) is 28.5. The number of para-hydroxylation sites is 1. The molecule has 0 aliphatic carbocycles. The summed E-state index contributed by atoms with van der Waals surface area (Å²) in [4.78, 5) is 253. The number of aliphatic carboxylic acids is 1. The lowest BCUT2D eigenvalue weighted by Gasteiger charge is -2.31. The second kappa shape index (κ2) is 44.0. The molecule has 1 aliphatic heterocycles. The molecule has 1 saturated heterocycles. The predicted octanol–water partition coefficient (Wildman–Crippen LogP) is -5.45. The third kappa shape index (κ3) is 29.9. The summed E-state index contributed by atoms with van der Waals surface area (Å²) in [6.45, 7) is 4.26. The zero-order chi connectivity index (χ0) is 86.4. The highest BCUT2D eigenvalue weighted by Crippen LogP contribution is 2.22. The van der Waals surface area contributed by atoms with Gasteiger partial charge in [0.1, 0.15) is 77.7 Å². The molecular weight excluding hydrogens is 1530 g/mol. The highest BCUT2D eigenvalue weighted by molar-refractivity contribution is 6.03. The molecule has 41 nitrogen and oxygen atoms in total. The van der Waals surface area contributed by atoms with E-state index in [9.17, 15) is 77.0 Å². The second-order valence-corrected chi connectivity index (χ2v) is 28.5. The highest BCUT2D eigenvalue weighted by Gasteiger charge is 2.40. The lowest BCUT2D eigenvalue weighted by molar-refractivity contribution is -0.144. The summed E-state index contributed by atoms with van der Waals surface area (Å²) < 4.78 is 5.34. The Bertz CT molecular complexity index is 4530. The van der Waals surface area contributed by atoms with Crippen LogP contribution in [0.5, 0.6) is 5.75 Å². The van der Waals surface area contributed by atoms with E-state index in [0.717, 1.165) is 12.3 Å². The van der Waals surface area contributed by atoms with E-state index in [1.54, 1.807) is 91.1 Å². The number of hydrogen-bond acceptors (Lipinski definition) is 20. The van der Waals surface area contributed by atoms with Crippen molar-refractivity contribution in [3.05, 3.63) is 114 Å². The first-order valence-electron chi connectivity index (χ1n) is 37.3. The number of carboxylic acid groups (broad SMARTS) is 1. The molecule has 1 aromatic heterocycles. The first-order chi connectivity index (χ1) is 55.3. The van der Waals surface area contributed by atoms with Gasteiger partial charge in [-0.25, -0.2) is 4.79 Å². The number of carbonyl (C=O) groups excluding carboxylic acids is 17. The standard InChI is InChI=1S/C76H101N21O20/c1-38-63(104)90-51(30-40-20-23-45(117-5)24-21-40)67(108)91-52(31-41-19-22-42-13-6-7-14-43(42)29-41)72(113)97-76(3,4)74(116)96-56(71(112)94-55(34-60(79)101)70(111)95-57(73(114)115)35-61(80)102)36-62(103)83-27-11-10-17-48(87-39(2)98)65(106)93-54(33-59(78)100)69(110)88-49(18-12-28-84-75(81)82)66(107)92-53(32-44-37-85-47-16-9-8-15-46(44)47)68(109)89-50(64(105)86-38)25-26-58(77)99/h6-9,13-16,19-24,29,37-38,48-57,85H,10-12,17-18,25-28,30-36H2,1-5H3,(H2,77,99)(H2,78,100)(H2,79,101)(H2,80,102)(H,83,103)(H,86,105)(H,87,98)(H,88,110)(H,89,109)(H,90,104)(H,91,108)(H,92,107)(H,93,106)(H,94,112)(H,95,111)(H,96,116)(H,97,113)(H,114,115)(H4,81,82,84)/t38-,48?,49-,50-,51-,52-,53-,54-,55-,56+,57-/m0/s1. The fourth-order valence-electron chi connectivity index (χ4n) is 12.4. The topological polar surface area (TPSA) is 675 Å². The number of primary amides is 4. The van der Waals surface area contributed by atoms with Crippen LogP contribution < -0.4 is 108 Å². The van der Waals surface area contributed by atoms with E-state index >= 15 is 14.4 Å². The monoisotopic (exact) mass is 1630 g/mol. The van der Waals surface area contributed by atoms with E-state index in [1.165, 1.54) is 27.9 Å². The summed E-state index contributed by atoms with van der Waals surface area (Å²) in [5, 5.41) is 54.1. The lowest BCUT2D eigenvalue weighted by Crippen LogP contribution is -2.64. The molecule has 0 bridgehead atoms. The minimum Gasteiger partial charge on any atom is -0.497 e. The number of aromatic amines is 1. The van der Waals surface area contributed by atoms with Crippen molar-refractivity contribution in [2.24, 2.45) is 28.7 Å². The number of guanidine groups is 1. The third-order valence-corrected chi connectivity index (χ3v) is 18.6. The number of fused-ring (bicyclic) bond motifs is 2. The number of ether oxygens (including phenoxy) is 1. The molecule has 11 atom stereocenters. The van der Waals surface area contributed by atoms with Crippen LogP contribution in [0.3, 0.4) is 0 Å². The smallest absolute Gasteiger partial charge is 0.326 e. The molecule has 4 aromatic carbocycles. The molecule has 27 N–H and O–H groups in total. The maximum atomic E-state index is 15.2. The first kappa shape index (κ1) is 92.1. The predicted molar refractivity (Wildman–Crippen MR) is 419 cm³/mol. The van der Waals surface area contributed by atoms with Gasteiger partial charge in [0.05, 0.1) is 32.8 Å². The minimum atomic E-state index is -2.18. The zero-order valence-electron chi connectivity index (χ0n) is 65.0. The van der Waals surface area contributed by atoms with Crippen LogP contribution in [0.15, 0.2) is 97.2 Å². The average Bonchev–Trinajstić information content (AvgIpc) is 1.80. The number of carbonyl (C=O) groups is 18. The molecule has 0 saturated carbocycles. The van der Waals surface area contributed by atoms with Crippen molar-refractivity contribution in [2.75, 3.05) is 20.2 Å². The SMILES string of the molecule is COc1ccc(C[C@@H]2NC(=O)[C@H](C)NC(=O)[C@H](CCC(N)=O)NC(=O)[C@H](Cc3c[nH]c4ccccc34)NC(=O)[C@H](CCCNC(=N)N)NC(=O)[C@H](CC(N)=O)NC(=O)C(NC(C)=O)CCCCNC(=O)C[C@H](C(=O)N[C@@H](CC(N)=O)C(=O)N[C@@H](CC(N)=O)C(=O)O)NC(=O)C(C)(C)NC(=O)[C@H](Cc3ccc4ccccc4c3)NC2=O)cc1. The Kier molecular flexibility index (Phi) is 34.6. The fraction of sp³-hybridized carbons (Fsp3) is 0.434. The number of benzene rings is 4. The van der Waals surface area contributed by atoms with Gasteiger partial charge in [0.2, 0.25) is 100 Å². The van der Waals surface area contributed by atoms with Crippen LogP contribution in [0.25, 0.3) is 21.7 Å². The Morgan fingerprint density at radius 3 is 1.77 bits per heavy atom. The summed E-state index contributed by atoms with van der Waals surface area (Å²) in [5.41, 5.74) is 27.1. The number of amides is 17. The van der Waals surface area contributed by atoms with Gasteiger partial charge < -0.3 is 118 Å². The number of rotatable bonds is 26. The highest BCUT2D eigenvalue weighted by atomic mass is 16.5. The van der Waals surface area contributed by atoms with Gasteiger partial charge >= 0.3 is 5.97 Å². The van der Waals surface area contributed by atoms with Gasteiger partial charge in [-0.2, -0.15) is 0 Å². The van der Waals surface area contributed by atoms with Gasteiger partial charge in [-0.1, -0.05) is 72.8 Å². The van der Waals surface area contributed by atoms with Gasteiger partial charge in [0, 0.05) is 62.8 Å². The molecule has 2 heterocycles. The molecule has 41 heteroatoms. The number of H-pyrrole nitrogens is 1. The molecule has 1 unspecified atom stereocenters. The first-order valence-corrected chi connectivity index (χ1v) is 37.3. The molecule has 117 heavy (non-hydrogen) atoms. The number of carboxylic acids is 1. The van der Waals surface area contributed by atoms with Crippen LogP contribution in [-0.2, 0) is 106 Å². The summed E-state index contributed by atoms with van der Waals surface area (Å²) in [6.07, 6.45) is -5.04. The normalized spacial score (nSPS) is 21.3. The average molecular weight is 1630 g/mol. The Labute approximate surface area is 670 Å². The Morgan fingerprint density at radius 1 is 0.590 bits per heavy atom. The quantitative estimate of drug-likeness (QED) is 0.0140. The van der Waals surface area contributed by atoms with Gasteiger partial charge in [0.15, 0.2) is 5.96 Å². The van der Waals surface area contributed by atoms with E-state index in [-0.39, 0.29) is 64.5 Å². The van der Waals surface area contributed by atoms with E-state index in [4.69, 9.17) is 38.8 Å². The lowest BCUT2D eigenvalue weighted by atomic mass is 9.98.